The normalized spacial score (nSPS) is 17.3. The van der Waals surface area contributed by atoms with Crippen LogP contribution in [0.25, 0.3) is 0 Å². The quantitative estimate of drug-likeness (QED) is 0.791. The van der Waals surface area contributed by atoms with Crippen molar-refractivity contribution in [1.82, 2.24) is 10.2 Å². The van der Waals surface area contributed by atoms with Crippen LogP contribution < -0.4 is 15.4 Å². The van der Waals surface area contributed by atoms with Crippen LogP contribution in [-0.4, -0.2) is 43.5 Å². The summed E-state index contributed by atoms with van der Waals surface area (Å²) in [5.74, 6) is 0.771. The van der Waals surface area contributed by atoms with Crippen LogP contribution in [0, 0.1) is 0 Å². The number of amides is 2. The molecule has 4 rings (SSSR count). The smallest absolute Gasteiger partial charge is 0.251 e. The summed E-state index contributed by atoms with van der Waals surface area (Å²) < 4.78 is 5.39. The minimum absolute atomic E-state index is 0.0291. The summed E-state index contributed by atoms with van der Waals surface area (Å²) in [7, 11) is 1.67. The third-order valence-electron chi connectivity index (χ3n) is 5.78. The minimum atomic E-state index is -0.0863. The van der Waals surface area contributed by atoms with Crippen LogP contribution in [0.3, 0.4) is 0 Å². The highest BCUT2D eigenvalue weighted by Gasteiger charge is 2.25. The van der Waals surface area contributed by atoms with E-state index < -0.39 is 0 Å². The Hall–Kier alpha value is -2.86. The van der Waals surface area contributed by atoms with Crippen molar-refractivity contribution < 1.29 is 14.3 Å². The molecular formula is C23H27N3O3. The molecular weight excluding hydrogens is 366 g/mol. The molecule has 2 aromatic carbocycles. The van der Waals surface area contributed by atoms with Gasteiger partial charge in [-0.1, -0.05) is 12.1 Å². The predicted molar refractivity (Wildman–Crippen MR) is 112 cm³/mol. The molecule has 1 atom stereocenters. The molecule has 0 aromatic heterocycles. The highest BCUT2D eigenvalue weighted by atomic mass is 16.5. The number of nitrogens with one attached hydrogen (secondary N) is 2. The largest absolute Gasteiger partial charge is 0.497 e. The summed E-state index contributed by atoms with van der Waals surface area (Å²) in [6, 6.07) is 13.7. The van der Waals surface area contributed by atoms with Gasteiger partial charge >= 0.3 is 0 Å². The van der Waals surface area contributed by atoms with Crippen LogP contribution >= 0.6 is 0 Å². The number of hydrogen-bond acceptors (Lipinski definition) is 4. The molecule has 2 aliphatic heterocycles. The molecule has 152 valence electrons. The van der Waals surface area contributed by atoms with Gasteiger partial charge in [-0.15, -0.1) is 0 Å². The lowest BCUT2D eigenvalue weighted by Gasteiger charge is -2.28. The molecule has 2 amide bonds. The van der Waals surface area contributed by atoms with E-state index in [1.165, 1.54) is 12.8 Å². The van der Waals surface area contributed by atoms with Crippen LogP contribution in [0.5, 0.6) is 5.75 Å². The fourth-order valence-electron chi connectivity index (χ4n) is 4.18. The van der Waals surface area contributed by atoms with E-state index in [1.54, 1.807) is 13.2 Å². The molecule has 0 radical (unpaired) electrons. The molecule has 6 nitrogen and oxygen atoms in total. The van der Waals surface area contributed by atoms with Gasteiger partial charge in [0.1, 0.15) is 5.75 Å². The molecule has 1 saturated heterocycles. The van der Waals surface area contributed by atoms with Crippen molar-refractivity contribution in [2.75, 3.05) is 32.1 Å². The monoisotopic (exact) mass is 393 g/mol. The van der Waals surface area contributed by atoms with Crippen LogP contribution in [0.4, 0.5) is 5.69 Å². The third-order valence-corrected chi connectivity index (χ3v) is 5.78. The molecule has 0 saturated carbocycles. The van der Waals surface area contributed by atoms with Crippen molar-refractivity contribution in [3.63, 3.8) is 0 Å². The number of benzene rings is 2. The van der Waals surface area contributed by atoms with Crippen molar-refractivity contribution in [3.8, 4) is 5.75 Å². The Morgan fingerprint density at radius 2 is 2.00 bits per heavy atom. The van der Waals surface area contributed by atoms with E-state index in [9.17, 15) is 9.59 Å². The first-order valence-corrected chi connectivity index (χ1v) is 10.2. The fourth-order valence-corrected chi connectivity index (χ4v) is 4.18. The Morgan fingerprint density at radius 3 is 2.79 bits per heavy atom. The molecule has 1 unspecified atom stereocenters. The summed E-state index contributed by atoms with van der Waals surface area (Å²) in [6.45, 7) is 2.62. The maximum atomic E-state index is 12.8. The first-order valence-electron chi connectivity index (χ1n) is 10.2. The van der Waals surface area contributed by atoms with Gasteiger partial charge in [0, 0.05) is 24.2 Å². The minimum Gasteiger partial charge on any atom is -0.497 e. The van der Waals surface area contributed by atoms with E-state index in [2.05, 4.69) is 27.7 Å². The zero-order valence-electron chi connectivity index (χ0n) is 16.7. The number of carbonyl (C=O) groups is 2. The van der Waals surface area contributed by atoms with Gasteiger partial charge in [-0.25, -0.2) is 0 Å². The first kappa shape index (κ1) is 19.5. The standard InChI is InChI=1S/C23H27N3O3/c1-29-19-6-4-5-17(14-19)21(26-11-2-3-12-26)15-24-23(28)18-7-9-20-16(13-18)8-10-22(27)25-20/h4-7,9,13-14,21H,2-3,8,10-12,15H2,1H3,(H,24,28)(H,25,27). The highest BCUT2D eigenvalue weighted by molar-refractivity contribution is 5.97. The predicted octanol–water partition coefficient (Wildman–Crippen LogP) is 3.15. The lowest BCUT2D eigenvalue weighted by atomic mass is 10.00. The summed E-state index contributed by atoms with van der Waals surface area (Å²) in [5, 5.41) is 5.98. The Kier molecular flexibility index (Phi) is 5.81. The van der Waals surface area contributed by atoms with Gasteiger partial charge in [0.2, 0.25) is 5.91 Å². The lowest BCUT2D eigenvalue weighted by Crippen LogP contribution is -2.36. The Balaban J connectivity index is 1.48. The molecule has 0 spiro atoms. The zero-order valence-corrected chi connectivity index (χ0v) is 16.7. The molecule has 2 aromatic rings. The summed E-state index contributed by atoms with van der Waals surface area (Å²) in [5.41, 5.74) is 3.61. The van der Waals surface area contributed by atoms with E-state index in [4.69, 9.17) is 4.74 Å². The van der Waals surface area contributed by atoms with Gasteiger partial charge in [-0.2, -0.15) is 0 Å². The second-order valence-corrected chi connectivity index (χ2v) is 7.67. The first-order chi connectivity index (χ1) is 14.1. The van der Waals surface area contributed by atoms with Gasteiger partial charge in [-0.3, -0.25) is 14.5 Å². The molecule has 2 aliphatic rings. The van der Waals surface area contributed by atoms with Crippen LogP contribution in [0.1, 0.15) is 46.8 Å². The molecule has 0 aliphatic carbocycles. The van der Waals surface area contributed by atoms with Gasteiger partial charge in [-0.05, 0) is 73.8 Å². The van der Waals surface area contributed by atoms with Crippen molar-refractivity contribution in [2.45, 2.75) is 31.7 Å². The number of likely N-dealkylation sites (tertiary alicyclic amines) is 1. The number of ether oxygens (including phenoxy) is 1. The van der Waals surface area contributed by atoms with E-state index in [0.717, 1.165) is 35.7 Å². The number of hydrogen-bond donors (Lipinski definition) is 2. The molecule has 29 heavy (non-hydrogen) atoms. The molecule has 2 N–H and O–H groups in total. The average molecular weight is 393 g/mol. The highest BCUT2D eigenvalue weighted by Crippen LogP contribution is 2.28. The number of carbonyl (C=O) groups excluding carboxylic acids is 2. The summed E-state index contributed by atoms with van der Waals surface area (Å²) in [4.78, 5) is 26.8. The maximum absolute atomic E-state index is 12.8. The van der Waals surface area contributed by atoms with Gasteiger partial charge < -0.3 is 15.4 Å². The number of fused-ring (bicyclic) bond motifs is 1. The van der Waals surface area contributed by atoms with Crippen molar-refractivity contribution in [2.24, 2.45) is 0 Å². The van der Waals surface area contributed by atoms with E-state index in [1.807, 2.05) is 24.3 Å². The van der Waals surface area contributed by atoms with Crippen molar-refractivity contribution in [1.29, 1.82) is 0 Å². The maximum Gasteiger partial charge on any atom is 0.251 e. The number of nitrogens with zero attached hydrogens (tertiary/aromatic N) is 1. The van der Waals surface area contributed by atoms with E-state index in [0.29, 0.717) is 24.9 Å². The molecule has 2 heterocycles. The second-order valence-electron chi connectivity index (χ2n) is 7.67. The number of methoxy groups -OCH3 is 1. The van der Waals surface area contributed by atoms with Crippen LogP contribution in [0.2, 0.25) is 0 Å². The third kappa shape index (κ3) is 4.43. The summed E-state index contributed by atoms with van der Waals surface area (Å²) in [6.07, 6.45) is 3.50. The number of anilines is 1. The Morgan fingerprint density at radius 1 is 1.17 bits per heavy atom. The van der Waals surface area contributed by atoms with Gasteiger partial charge in [0.15, 0.2) is 0 Å². The molecule has 6 heteroatoms. The lowest BCUT2D eigenvalue weighted by molar-refractivity contribution is -0.116. The Bertz CT molecular complexity index is 906. The van der Waals surface area contributed by atoms with Crippen LogP contribution in [-0.2, 0) is 11.2 Å². The van der Waals surface area contributed by atoms with Gasteiger partial charge in [0.05, 0.1) is 13.2 Å². The van der Waals surface area contributed by atoms with Crippen molar-refractivity contribution >= 4 is 17.5 Å². The zero-order chi connectivity index (χ0) is 20.2. The summed E-state index contributed by atoms with van der Waals surface area (Å²) >= 11 is 0. The van der Waals surface area contributed by atoms with E-state index >= 15 is 0 Å². The van der Waals surface area contributed by atoms with Gasteiger partial charge in [0.25, 0.3) is 5.91 Å². The van der Waals surface area contributed by atoms with Crippen LogP contribution in [0.15, 0.2) is 42.5 Å². The SMILES string of the molecule is COc1cccc(C(CNC(=O)c2ccc3c(c2)CCC(=O)N3)N2CCCC2)c1. The molecule has 1 fully saturated rings. The van der Waals surface area contributed by atoms with Crippen molar-refractivity contribution in [3.05, 3.63) is 59.2 Å². The average Bonchev–Trinajstić information content (AvgIpc) is 3.28. The number of aryl methyl sites for hydroxylation is 1. The second kappa shape index (κ2) is 8.66. The Labute approximate surface area is 171 Å². The van der Waals surface area contributed by atoms with E-state index in [-0.39, 0.29) is 17.9 Å². The molecule has 0 bridgehead atoms. The number of rotatable bonds is 6. The fraction of sp³-hybridized carbons (Fsp3) is 0.391. The topological polar surface area (TPSA) is 70.7 Å².